The highest BCUT2D eigenvalue weighted by atomic mass is 16.5. The molecule has 1 amide bonds. The first-order chi connectivity index (χ1) is 10.8. The Morgan fingerprint density at radius 1 is 1.18 bits per heavy atom. The molecule has 2 N–H and O–H groups in total. The number of carbonyl (C=O) groups is 1. The number of ether oxygens (including phenoxy) is 1. The molecule has 0 spiro atoms. The Morgan fingerprint density at radius 2 is 2.00 bits per heavy atom. The molecule has 0 aliphatic carbocycles. The summed E-state index contributed by atoms with van der Waals surface area (Å²) in [6, 6.07) is 12.9. The maximum Gasteiger partial charge on any atom is 0.224 e. The van der Waals surface area contributed by atoms with Crippen LogP contribution in [0.2, 0.25) is 0 Å². The van der Waals surface area contributed by atoms with E-state index in [4.69, 9.17) is 9.84 Å². The number of nitrogens with zero attached hydrogens (tertiary/aromatic N) is 1. The van der Waals surface area contributed by atoms with Gasteiger partial charge in [0.2, 0.25) is 5.91 Å². The highest BCUT2D eigenvalue weighted by molar-refractivity contribution is 5.90. The zero-order valence-corrected chi connectivity index (χ0v) is 12.4. The van der Waals surface area contributed by atoms with Gasteiger partial charge in [-0.2, -0.15) is 0 Å². The number of hydrogen-bond donors (Lipinski definition) is 2. The Balaban J connectivity index is 1.72. The Kier molecular flexibility index (Phi) is 6.39. The van der Waals surface area contributed by atoms with Gasteiger partial charge >= 0.3 is 0 Å². The van der Waals surface area contributed by atoms with E-state index in [0.29, 0.717) is 12.2 Å². The lowest BCUT2D eigenvalue weighted by Crippen LogP contribution is -2.11. The van der Waals surface area contributed by atoms with Crippen LogP contribution in [0.3, 0.4) is 0 Å². The first-order valence-corrected chi connectivity index (χ1v) is 7.31. The third kappa shape index (κ3) is 5.54. The van der Waals surface area contributed by atoms with Gasteiger partial charge in [-0.25, -0.2) is 0 Å². The largest absolute Gasteiger partial charge is 0.491 e. The predicted molar refractivity (Wildman–Crippen MR) is 84.8 cm³/mol. The second kappa shape index (κ2) is 8.79. The number of anilines is 1. The molecule has 0 fully saturated rings. The molecule has 1 aromatic heterocycles. The van der Waals surface area contributed by atoms with Crippen LogP contribution in [-0.4, -0.2) is 29.2 Å². The molecule has 2 rings (SSSR count). The molecule has 2 aromatic rings. The monoisotopic (exact) mass is 300 g/mol. The molecular weight excluding hydrogens is 280 g/mol. The summed E-state index contributed by atoms with van der Waals surface area (Å²) in [6.07, 6.45) is 3.78. The number of aliphatic hydroxyl groups is 1. The van der Waals surface area contributed by atoms with E-state index in [2.05, 4.69) is 10.3 Å². The van der Waals surface area contributed by atoms with E-state index in [1.165, 1.54) is 0 Å². The van der Waals surface area contributed by atoms with Crippen molar-refractivity contribution < 1.29 is 14.6 Å². The average Bonchev–Trinajstić information content (AvgIpc) is 2.55. The summed E-state index contributed by atoms with van der Waals surface area (Å²) < 4.78 is 5.26. The molecule has 0 atom stereocenters. The van der Waals surface area contributed by atoms with Crippen LogP contribution in [0.1, 0.15) is 18.5 Å². The topological polar surface area (TPSA) is 71.5 Å². The van der Waals surface area contributed by atoms with Crippen molar-refractivity contribution in [3.63, 3.8) is 0 Å². The number of pyridine rings is 1. The van der Waals surface area contributed by atoms with Crippen LogP contribution in [0, 0.1) is 0 Å². The van der Waals surface area contributed by atoms with Crippen LogP contribution < -0.4 is 10.1 Å². The minimum Gasteiger partial charge on any atom is -0.491 e. The lowest BCUT2D eigenvalue weighted by Gasteiger charge is -2.07. The van der Waals surface area contributed by atoms with E-state index < -0.39 is 0 Å². The van der Waals surface area contributed by atoms with Crippen LogP contribution in [0.15, 0.2) is 48.7 Å². The number of rotatable bonds is 8. The third-order valence-electron chi connectivity index (χ3n) is 3.06. The van der Waals surface area contributed by atoms with Crippen molar-refractivity contribution in [2.45, 2.75) is 19.3 Å². The molecule has 1 heterocycles. The fraction of sp³-hybridized carbons (Fsp3) is 0.294. The molecular formula is C17H20N2O3. The smallest absolute Gasteiger partial charge is 0.224 e. The van der Waals surface area contributed by atoms with Gasteiger partial charge in [-0.3, -0.25) is 9.78 Å². The Morgan fingerprint density at radius 3 is 2.68 bits per heavy atom. The first-order valence-electron chi connectivity index (χ1n) is 7.31. The zero-order valence-electron chi connectivity index (χ0n) is 12.4. The van der Waals surface area contributed by atoms with Gasteiger partial charge in [0.05, 0.1) is 6.61 Å². The quantitative estimate of drug-likeness (QED) is 0.785. The second-order valence-electron chi connectivity index (χ2n) is 4.82. The van der Waals surface area contributed by atoms with Gasteiger partial charge < -0.3 is 15.2 Å². The minimum absolute atomic E-state index is 0.0139. The van der Waals surface area contributed by atoms with E-state index in [-0.39, 0.29) is 19.1 Å². The second-order valence-corrected chi connectivity index (χ2v) is 4.82. The fourth-order valence-corrected chi connectivity index (χ4v) is 2.00. The van der Waals surface area contributed by atoms with Crippen molar-refractivity contribution in [3.8, 4) is 5.75 Å². The number of aliphatic hydroxyl groups excluding tert-OH is 1. The number of aryl methyl sites for hydroxylation is 1. The van der Waals surface area contributed by atoms with E-state index in [1.54, 1.807) is 30.5 Å². The van der Waals surface area contributed by atoms with E-state index in [1.807, 2.05) is 18.2 Å². The molecule has 1 aromatic carbocycles. The lowest BCUT2D eigenvalue weighted by molar-refractivity contribution is -0.116. The van der Waals surface area contributed by atoms with Crippen molar-refractivity contribution in [3.05, 3.63) is 54.4 Å². The lowest BCUT2D eigenvalue weighted by atomic mass is 10.1. The van der Waals surface area contributed by atoms with Gasteiger partial charge in [0.1, 0.15) is 12.4 Å². The van der Waals surface area contributed by atoms with Gasteiger partial charge in [-0.05, 0) is 49.2 Å². The summed E-state index contributed by atoms with van der Waals surface area (Å²) in [5.74, 6) is 0.655. The standard InChI is InChI=1S/C17H20N2O3/c20-12-13-22-16-9-7-15(8-10-16)19-17(21)6-3-5-14-4-1-2-11-18-14/h1-2,4,7-11,20H,3,5-6,12-13H2,(H,19,21). The van der Waals surface area contributed by atoms with Crippen LogP contribution >= 0.6 is 0 Å². The van der Waals surface area contributed by atoms with Crippen molar-refractivity contribution in [1.29, 1.82) is 0 Å². The maximum atomic E-state index is 11.9. The van der Waals surface area contributed by atoms with Crippen LogP contribution in [-0.2, 0) is 11.2 Å². The van der Waals surface area contributed by atoms with Crippen molar-refractivity contribution in [1.82, 2.24) is 4.98 Å². The summed E-state index contributed by atoms with van der Waals surface area (Å²) in [5, 5.41) is 11.5. The van der Waals surface area contributed by atoms with Crippen molar-refractivity contribution in [2.24, 2.45) is 0 Å². The Hall–Kier alpha value is -2.40. The SMILES string of the molecule is O=C(CCCc1ccccn1)Nc1ccc(OCCO)cc1. The number of hydrogen-bond acceptors (Lipinski definition) is 4. The average molecular weight is 300 g/mol. The molecule has 0 saturated carbocycles. The Bertz CT molecular complexity index is 570. The summed E-state index contributed by atoms with van der Waals surface area (Å²) >= 11 is 0. The number of amides is 1. The van der Waals surface area contributed by atoms with Gasteiger partial charge in [0.15, 0.2) is 0 Å². The van der Waals surface area contributed by atoms with Crippen molar-refractivity contribution >= 4 is 11.6 Å². The van der Waals surface area contributed by atoms with Crippen molar-refractivity contribution in [2.75, 3.05) is 18.5 Å². The van der Waals surface area contributed by atoms with Crippen LogP contribution in [0.25, 0.3) is 0 Å². The highest BCUT2D eigenvalue weighted by Crippen LogP contribution is 2.16. The molecule has 0 aliphatic heterocycles. The predicted octanol–water partition coefficient (Wildman–Crippen LogP) is 2.41. The number of aromatic nitrogens is 1. The summed E-state index contributed by atoms with van der Waals surface area (Å²) in [7, 11) is 0. The molecule has 0 bridgehead atoms. The molecule has 0 unspecified atom stereocenters. The van der Waals surface area contributed by atoms with Crippen LogP contribution in [0.4, 0.5) is 5.69 Å². The molecule has 0 aliphatic rings. The molecule has 5 heteroatoms. The molecule has 0 saturated heterocycles. The minimum atomic E-state index is -0.0191. The highest BCUT2D eigenvalue weighted by Gasteiger charge is 2.03. The molecule has 22 heavy (non-hydrogen) atoms. The maximum absolute atomic E-state index is 11.9. The van der Waals surface area contributed by atoms with E-state index in [9.17, 15) is 4.79 Å². The van der Waals surface area contributed by atoms with E-state index in [0.717, 1.165) is 24.2 Å². The fourth-order valence-electron chi connectivity index (χ4n) is 2.00. The summed E-state index contributed by atoms with van der Waals surface area (Å²) in [6.45, 7) is 0.244. The first kappa shape index (κ1) is 16.0. The number of benzene rings is 1. The molecule has 5 nitrogen and oxygen atoms in total. The van der Waals surface area contributed by atoms with Gasteiger partial charge in [0, 0.05) is 24.0 Å². The number of carbonyl (C=O) groups excluding carboxylic acids is 1. The summed E-state index contributed by atoms with van der Waals surface area (Å²) in [5.41, 5.74) is 1.74. The normalized spacial score (nSPS) is 10.2. The number of nitrogens with one attached hydrogen (secondary N) is 1. The third-order valence-corrected chi connectivity index (χ3v) is 3.06. The zero-order chi connectivity index (χ0) is 15.6. The van der Waals surface area contributed by atoms with E-state index >= 15 is 0 Å². The van der Waals surface area contributed by atoms with Crippen LogP contribution in [0.5, 0.6) is 5.75 Å². The molecule has 116 valence electrons. The van der Waals surface area contributed by atoms with Gasteiger partial charge in [-0.1, -0.05) is 6.07 Å². The van der Waals surface area contributed by atoms with Gasteiger partial charge in [-0.15, -0.1) is 0 Å². The van der Waals surface area contributed by atoms with Gasteiger partial charge in [0.25, 0.3) is 0 Å². The molecule has 0 radical (unpaired) electrons. The Labute approximate surface area is 130 Å². The summed E-state index contributed by atoms with van der Waals surface area (Å²) in [4.78, 5) is 16.1.